The molecule has 17 heavy (non-hydrogen) atoms. The number of primary amides is 1. The molecule has 0 radical (unpaired) electrons. The summed E-state index contributed by atoms with van der Waals surface area (Å²) in [5, 5.41) is 0.824. The smallest absolute Gasteiger partial charge is 0.252 e. The van der Waals surface area contributed by atoms with Gasteiger partial charge in [0, 0.05) is 11.3 Å². The van der Waals surface area contributed by atoms with Crippen molar-refractivity contribution in [1.82, 2.24) is 4.98 Å². The van der Waals surface area contributed by atoms with Gasteiger partial charge in [0.05, 0.1) is 15.6 Å². The predicted molar refractivity (Wildman–Crippen MR) is 69.2 cm³/mol. The zero-order valence-electron chi connectivity index (χ0n) is 8.63. The second-order valence-corrected chi connectivity index (χ2v) is 4.26. The quantitative estimate of drug-likeness (QED) is 0.783. The molecule has 1 aromatic heterocycles. The van der Waals surface area contributed by atoms with E-state index in [0.717, 1.165) is 0 Å². The molecule has 0 saturated heterocycles. The van der Waals surface area contributed by atoms with Gasteiger partial charge in [0.2, 0.25) is 0 Å². The van der Waals surface area contributed by atoms with Crippen molar-refractivity contribution in [2.45, 2.75) is 0 Å². The summed E-state index contributed by atoms with van der Waals surface area (Å²) in [6.45, 7) is 0. The maximum absolute atomic E-state index is 11.1. The molecule has 1 amide bonds. The third-order valence-electron chi connectivity index (χ3n) is 2.36. The number of amides is 1. The summed E-state index contributed by atoms with van der Waals surface area (Å²) in [4.78, 5) is 13.9. The van der Waals surface area contributed by atoms with E-state index in [4.69, 9.17) is 34.7 Å². The summed E-state index contributed by atoms with van der Waals surface area (Å²) < 4.78 is 0. The molecule has 5 N–H and O–H groups in total. The number of nitrogen functional groups attached to an aromatic ring is 1. The first-order valence-electron chi connectivity index (χ1n) is 4.73. The Balaban J connectivity index is 2.58. The van der Waals surface area contributed by atoms with Crippen molar-refractivity contribution >= 4 is 34.9 Å². The fraction of sp³-hybridized carbons (Fsp3) is 0. The molecule has 88 valence electrons. The number of nitrogens with one attached hydrogen (secondary N) is 1. The first-order valence-corrected chi connectivity index (χ1v) is 5.49. The van der Waals surface area contributed by atoms with Crippen molar-refractivity contribution in [2.24, 2.45) is 5.73 Å². The highest BCUT2D eigenvalue weighted by molar-refractivity contribution is 6.43. The minimum Gasteiger partial charge on any atom is -0.385 e. The molecule has 6 heteroatoms. The number of hydrogen-bond donors (Lipinski definition) is 3. The van der Waals surface area contributed by atoms with Crippen molar-refractivity contribution in [1.29, 1.82) is 0 Å². The van der Waals surface area contributed by atoms with Crippen LogP contribution in [0, 0.1) is 0 Å². The summed E-state index contributed by atoms with van der Waals surface area (Å²) in [6, 6.07) is 6.75. The summed E-state index contributed by atoms with van der Waals surface area (Å²) in [5.74, 6) is -0.383. The van der Waals surface area contributed by atoms with Crippen molar-refractivity contribution < 1.29 is 4.79 Å². The van der Waals surface area contributed by atoms with Crippen LogP contribution >= 0.6 is 23.2 Å². The number of hydrogen-bond acceptors (Lipinski definition) is 2. The second-order valence-electron chi connectivity index (χ2n) is 3.48. The SMILES string of the molecule is NC(=O)c1cc(-c2cccc(Cl)c2Cl)[nH]c1N. The van der Waals surface area contributed by atoms with E-state index in [1.807, 2.05) is 0 Å². The molecule has 0 atom stereocenters. The number of halogens is 2. The van der Waals surface area contributed by atoms with Crippen molar-refractivity contribution in [3.8, 4) is 11.3 Å². The summed E-state index contributed by atoms with van der Waals surface area (Å²) in [6.07, 6.45) is 0. The van der Waals surface area contributed by atoms with E-state index in [1.165, 1.54) is 0 Å². The standard InChI is InChI=1S/C11H9Cl2N3O/c12-7-3-1-2-5(9(7)13)8-4-6(11(15)17)10(14)16-8/h1-4,16H,14H2,(H2,15,17). The average Bonchev–Trinajstić information content (AvgIpc) is 2.64. The van der Waals surface area contributed by atoms with E-state index < -0.39 is 5.91 Å². The van der Waals surface area contributed by atoms with Crippen molar-refractivity contribution in [3.05, 3.63) is 39.9 Å². The maximum atomic E-state index is 11.1. The van der Waals surface area contributed by atoms with Crippen LogP contribution in [-0.4, -0.2) is 10.9 Å². The molecule has 0 spiro atoms. The molecular weight excluding hydrogens is 261 g/mol. The van der Waals surface area contributed by atoms with Crippen molar-refractivity contribution in [3.63, 3.8) is 0 Å². The molecular formula is C11H9Cl2N3O. The molecule has 2 aromatic rings. The summed E-state index contributed by atoms with van der Waals surface area (Å²) >= 11 is 12.0. The first kappa shape index (κ1) is 11.8. The van der Waals surface area contributed by atoms with E-state index in [-0.39, 0.29) is 11.4 Å². The van der Waals surface area contributed by atoms with Crippen LogP contribution in [-0.2, 0) is 0 Å². The van der Waals surface area contributed by atoms with E-state index in [1.54, 1.807) is 24.3 Å². The van der Waals surface area contributed by atoms with Crippen LogP contribution in [0.5, 0.6) is 0 Å². The number of carbonyl (C=O) groups is 1. The van der Waals surface area contributed by atoms with E-state index in [2.05, 4.69) is 4.98 Å². The molecule has 0 fully saturated rings. The van der Waals surface area contributed by atoms with Gasteiger partial charge in [-0.1, -0.05) is 35.3 Å². The highest BCUT2D eigenvalue weighted by Gasteiger charge is 2.14. The zero-order chi connectivity index (χ0) is 12.6. The average molecular weight is 270 g/mol. The molecule has 1 heterocycles. The Labute approximate surface area is 108 Å². The van der Waals surface area contributed by atoms with Crippen LogP contribution in [0.4, 0.5) is 5.82 Å². The van der Waals surface area contributed by atoms with Crippen LogP contribution in [0.3, 0.4) is 0 Å². The zero-order valence-corrected chi connectivity index (χ0v) is 10.1. The first-order chi connectivity index (χ1) is 8.00. The monoisotopic (exact) mass is 269 g/mol. The van der Waals surface area contributed by atoms with Gasteiger partial charge in [0.1, 0.15) is 5.82 Å². The Hall–Kier alpha value is -1.65. The molecule has 0 saturated carbocycles. The highest BCUT2D eigenvalue weighted by Crippen LogP contribution is 2.34. The van der Waals surface area contributed by atoms with Crippen LogP contribution in [0.1, 0.15) is 10.4 Å². The van der Waals surface area contributed by atoms with E-state index >= 15 is 0 Å². The minimum absolute atomic E-state index is 0.212. The third-order valence-corrected chi connectivity index (χ3v) is 3.17. The molecule has 0 aliphatic heterocycles. The minimum atomic E-state index is -0.594. The van der Waals surface area contributed by atoms with Crippen LogP contribution < -0.4 is 11.5 Å². The van der Waals surface area contributed by atoms with Crippen molar-refractivity contribution in [2.75, 3.05) is 5.73 Å². The highest BCUT2D eigenvalue weighted by atomic mass is 35.5. The molecule has 0 unspecified atom stereocenters. The maximum Gasteiger partial charge on any atom is 0.252 e. The lowest BCUT2D eigenvalue weighted by atomic mass is 10.1. The Kier molecular flexibility index (Phi) is 3.00. The van der Waals surface area contributed by atoms with Gasteiger partial charge >= 0.3 is 0 Å². The van der Waals surface area contributed by atoms with Gasteiger partial charge in [-0.05, 0) is 12.1 Å². The van der Waals surface area contributed by atoms with E-state index in [9.17, 15) is 4.79 Å². The number of anilines is 1. The lowest BCUT2D eigenvalue weighted by Gasteiger charge is -2.02. The number of benzene rings is 1. The molecule has 0 aliphatic rings. The van der Waals surface area contributed by atoms with Gasteiger partial charge in [-0.15, -0.1) is 0 Å². The number of carbonyl (C=O) groups excluding carboxylic acids is 1. The fourth-order valence-corrected chi connectivity index (χ4v) is 1.93. The molecule has 1 aromatic carbocycles. The van der Waals surface area contributed by atoms with Gasteiger partial charge < -0.3 is 16.5 Å². The lowest BCUT2D eigenvalue weighted by molar-refractivity contribution is 0.100. The predicted octanol–water partition coefficient (Wildman–Crippen LogP) is 2.67. The van der Waals surface area contributed by atoms with Gasteiger partial charge in [-0.25, -0.2) is 0 Å². The summed E-state index contributed by atoms with van der Waals surface area (Å²) in [5.41, 5.74) is 12.3. The normalized spacial score (nSPS) is 10.5. The molecule has 2 rings (SSSR count). The fourth-order valence-electron chi connectivity index (χ4n) is 1.53. The van der Waals surface area contributed by atoms with Gasteiger partial charge in [0.15, 0.2) is 0 Å². The molecule has 0 aliphatic carbocycles. The van der Waals surface area contributed by atoms with Gasteiger partial charge in [-0.2, -0.15) is 0 Å². The van der Waals surface area contributed by atoms with Crippen LogP contribution in [0.15, 0.2) is 24.3 Å². The van der Waals surface area contributed by atoms with Gasteiger partial charge in [-0.3, -0.25) is 4.79 Å². The second kappa shape index (κ2) is 4.31. The van der Waals surface area contributed by atoms with Crippen LogP contribution in [0.2, 0.25) is 10.0 Å². The Morgan fingerprint density at radius 1 is 1.29 bits per heavy atom. The summed E-state index contributed by atoms with van der Waals surface area (Å²) in [7, 11) is 0. The molecule has 4 nitrogen and oxygen atoms in total. The molecule has 0 bridgehead atoms. The van der Waals surface area contributed by atoms with E-state index in [0.29, 0.717) is 21.3 Å². The van der Waals surface area contributed by atoms with Crippen LogP contribution in [0.25, 0.3) is 11.3 Å². The number of H-pyrrole nitrogens is 1. The number of nitrogens with two attached hydrogens (primary N) is 2. The number of aromatic amines is 1. The lowest BCUT2D eigenvalue weighted by Crippen LogP contribution is -2.11. The topological polar surface area (TPSA) is 84.9 Å². The number of aromatic nitrogens is 1. The van der Waals surface area contributed by atoms with Gasteiger partial charge in [0.25, 0.3) is 5.91 Å². The third kappa shape index (κ3) is 2.09. The largest absolute Gasteiger partial charge is 0.385 e. The Bertz CT molecular complexity index is 592. The number of rotatable bonds is 2. The Morgan fingerprint density at radius 2 is 2.00 bits per heavy atom. The Morgan fingerprint density at radius 3 is 2.59 bits per heavy atom.